The van der Waals surface area contributed by atoms with Crippen molar-refractivity contribution in [2.24, 2.45) is 0 Å². The van der Waals surface area contributed by atoms with Crippen molar-refractivity contribution in [1.82, 2.24) is 5.32 Å². The molecule has 0 fully saturated rings. The fourth-order valence-electron chi connectivity index (χ4n) is 1.47. The monoisotopic (exact) mass is 195 g/mol. The molecule has 0 heterocycles. The largest absolute Gasteiger partial charge is 0.310 e. The molecule has 1 rings (SSSR count). The Balaban J connectivity index is 2.77. The van der Waals surface area contributed by atoms with Gasteiger partial charge in [-0.25, -0.2) is 4.39 Å². The van der Waals surface area contributed by atoms with Crippen molar-refractivity contribution >= 4 is 0 Å². The van der Waals surface area contributed by atoms with Crippen LogP contribution in [0.5, 0.6) is 0 Å². The van der Waals surface area contributed by atoms with Crippen LogP contribution in [0, 0.1) is 12.7 Å². The Bertz CT molecular complexity index is 296. The van der Waals surface area contributed by atoms with Gasteiger partial charge in [0.05, 0.1) is 0 Å². The number of halogens is 1. The SMILES string of the molecule is CCCNC(C)c1cc(C)ccc1F. The molecule has 1 unspecified atom stereocenters. The molecule has 0 aromatic heterocycles. The summed E-state index contributed by atoms with van der Waals surface area (Å²) in [6.45, 7) is 7.00. The standard InChI is InChI=1S/C12H18FN/c1-4-7-14-10(3)11-8-9(2)5-6-12(11)13/h5-6,8,10,14H,4,7H2,1-3H3. The van der Waals surface area contributed by atoms with E-state index in [-0.39, 0.29) is 11.9 Å². The van der Waals surface area contributed by atoms with E-state index in [0.29, 0.717) is 0 Å². The minimum atomic E-state index is -0.119. The van der Waals surface area contributed by atoms with Crippen molar-refractivity contribution in [1.29, 1.82) is 0 Å². The Morgan fingerprint density at radius 1 is 1.43 bits per heavy atom. The molecular formula is C12H18FN. The third-order valence-corrected chi connectivity index (χ3v) is 2.32. The molecule has 1 nitrogen and oxygen atoms in total. The second kappa shape index (κ2) is 5.11. The lowest BCUT2D eigenvalue weighted by Crippen LogP contribution is -2.20. The van der Waals surface area contributed by atoms with Gasteiger partial charge in [0, 0.05) is 11.6 Å². The maximum Gasteiger partial charge on any atom is 0.127 e. The molecule has 0 aliphatic carbocycles. The highest BCUT2D eigenvalue weighted by molar-refractivity contribution is 5.26. The van der Waals surface area contributed by atoms with Crippen LogP contribution in [0.1, 0.15) is 37.4 Å². The predicted molar refractivity (Wildman–Crippen MR) is 57.8 cm³/mol. The van der Waals surface area contributed by atoms with E-state index in [1.807, 2.05) is 19.9 Å². The fraction of sp³-hybridized carbons (Fsp3) is 0.500. The molecule has 1 atom stereocenters. The molecule has 0 saturated heterocycles. The van der Waals surface area contributed by atoms with Gasteiger partial charge in [-0.15, -0.1) is 0 Å². The van der Waals surface area contributed by atoms with Crippen LogP contribution in [0.15, 0.2) is 18.2 Å². The molecule has 0 aliphatic heterocycles. The molecule has 0 amide bonds. The molecule has 2 heteroatoms. The van der Waals surface area contributed by atoms with Gasteiger partial charge in [-0.2, -0.15) is 0 Å². The number of rotatable bonds is 4. The van der Waals surface area contributed by atoms with Crippen molar-refractivity contribution in [2.45, 2.75) is 33.2 Å². The molecule has 1 aromatic carbocycles. The average Bonchev–Trinajstić information content (AvgIpc) is 2.18. The first-order valence-electron chi connectivity index (χ1n) is 5.14. The van der Waals surface area contributed by atoms with Gasteiger partial charge in [0.15, 0.2) is 0 Å². The van der Waals surface area contributed by atoms with Crippen LogP contribution in [0.25, 0.3) is 0 Å². The molecule has 0 bridgehead atoms. The molecule has 14 heavy (non-hydrogen) atoms. The summed E-state index contributed by atoms with van der Waals surface area (Å²) in [6.07, 6.45) is 1.07. The lowest BCUT2D eigenvalue weighted by molar-refractivity contribution is 0.527. The number of benzene rings is 1. The minimum Gasteiger partial charge on any atom is -0.310 e. The highest BCUT2D eigenvalue weighted by Gasteiger charge is 2.09. The molecule has 0 saturated carbocycles. The Hall–Kier alpha value is -0.890. The zero-order valence-electron chi connectivity index (χ0n) is 9.10. The van der Waals surface area contributed by atoms with E-state index in [2.05, 4.69) is 12.2 Å². The van der Waals surface area contributed by atoms with Gasteiger partial charge in [-0.1, -0.05) is 24.6 Å². The van der Waals surface area contributed by atoms with Gasteiger partial charge >= 0.3 is 0 Å². The lowest BCUT2D eigenvalue weighted by atomic mass is 10.1. The number of aryl methyl sites for hydroxylation is 1. The molecule has 1 aromatic rings. The maximum atomic E-state index is 13.4. The minimum absolute atomic E-state index is 0.0925. The van der Waals surface area contributed by atoms with Crippen LogP contribution in [0.2, 0.25) is 0 Å². The summed E-state index contributed by atoms with van der Waals surface area (Å²) in [5.41, 5.74) is 1.87. The van der Waals surface area contributed by atoms with Gasteiger partial charge in [0.25, 0.3) is 0 Å². The molecule has 78 valence electrons. The second-order valence-corrected chi connectivity index (χ2v) is 3.70. The zero-order chi connectivity index (χ0) is 10.6. The van der Waals surface area contributed by atoms with Crippen molar-refractivity contribution in [3.63, 3.8) is 0 Å². The van der Waals surface area contributed by atoms with Gasteiger partial charge in [0.1, 0.15) is 5.82 Å². The first kappa shape index (κ1) is 11.2. The first-order valence-corrected chi connectivity index (χ1v) is 5.14. The van der Waals surface area contributed by atoms with Gasteiger partial charge in [-0.05, 0) is 32.9 Å². The van der Waals surface area contributed by atoms with Crippen molar-refractivity contribution in [3.8, 4) is 0 Å². The van der Waals surface area contributed by atoms with Gasteiger partial charge in [-0.3, -0.25) is 0 Å². The summed E-state index contributed by atoms with van der Waals surface area (Å²) in [4.78, 5) is 0. The highest BCUT2D eigenvalue weighted by Crippen LogP contribution is 2.17. The van der Waals surface area contributed by atoms with E-state index in [9.17, 15) is 4.39 Å². The summed E-state index contributed by atoms with van der Waals surface area (Å²) in [5, 5.41) is 3.28. The van der Waals surface area contributed by atoms with E-state index in [4.69, 9.17) is 0 Å². The quantitative estimate of drug-likeness (QED) is 0.778. The van der Waals surface area contributed by atoms with Crippen molar-refractivity contribution < 1.29 is 4.39 Å². The lowest BCUT2D eigenvalue weighted by Gasteiger charge is -2.14. The fourth-order valence-corrected chi connectivity index (χ4v) is 1.47. The van der Waals surface area contributed by atoms with Crippen LogP contribution in [-0.4, -0.2) is 6.54 Å². The Morgan fingerprint density at radius 3 is 2.79 bits per heavy atom. The Labute approximate surface area is 85.3 Å². The zero-order valence-corrected chi connectivity index (χ0v) is 9.10. The molecule has 0 aliphatic rings. The van der Waals surface area contributed by atoms with Crippen LogP contribution >= 0.6 is 0 Å². The summed E-state index contributed by atoms with van der Waals surface area (Å²) in [6, 6.07) is 5.33. The van der Waals surface area contributed by atoms with Crippen molar-refractivity contribution in [3.05, 3.63) is 35.1 Å². The predicted octanol–water partition coefficient (Wildman–Crippen LogP) is 3.19. The maximum absolute atomic E-state index is 13.4. The Kier molecular flexibility index (Phi) is 4.08. The average molecular weight is 195 g/mol. The normalized spacial score (nSPS) is 12.9. The number of hydrogen-bond acceptors (Lipinski definition) is 1. The van der Waals surface area contributed by atoms with E-state index in [1.165, 1.54) is 6.07 Å². The summed E-state index contributed by atoms with van der Waals surface area (Å²) < 4.78 is 13.4. The molecule has 0 radical (unpaired) electrons. The topological polar surface area (TPSA) is 12.0 Å². The highest BCUT2D eigenvalue weighted by atomic mass is 19.1. The molecular weight excluding hydrogens is 177 g/mol. The van der Waals surface area contributed by atoms with Gasteiger partial charge < -0.3 is 5.32 Å². The third-order valence-electron chi connectivity index (χ3n) is 2.32. The van der Waals surface area contributed by atoms with Crippen LogP contribution < -0.4 is 5.32 Å². The first-order chi connectivity index (χ1) is 6.65. The number of nitrogens with one attached hydrogen (secondary N) is 1. The number of hydrogen-bond donors (Lipinski definition) is 1. The van der Waals surface area contributed by atoms with E-state index in [0.717, 1.165) is 24.1 Å². The second-order valence-electron chi connectivity index (χ2n) is 3.70. The van der Waals surface area contributed by atoms with Crippen LogP contribution in [-0.2, 0) is 0 Å². The summed E-state index contributed by atoms with van der Waals surface area (Å²) in [5.74, 6) is -0.119. The van der Waals surface area contributed by atoms with E-state index >= 15 is 0 Å². The summed E-state index contributed by atoms with van der Waals surface area (Å²) in [7, 11) is 0. The summed E-state index contributed by atoms with van der Waals surface area (Å²) >= 11 is 0. The Morgan fingerprint density at radius 2 is 2.14 bits per heavy atom. The van der Waals surface area contributed by atoms with E-state index in [1.54, 1.807) is 6.07 Å². The smallest absolute Gasteiger partial charge is 0.127 e. The third kappa shape index (κ3) is 2.81. The van der Waals surface area contributed by atoms with Gasteiger partial charge in [0.2, 0.25) is 0 Å². The van der Waals surface area contributed by atoms with Crippen LogP contribution in [0.3, 0.4) is 0 Å². The molecule has 1 N–H and O–H groups in total. The van der Waals surface area contributed by atoms with Crippen molar-refractivity contribution in [2.75, 3.05) is 6.54 Å². The van der Waals surface area contributed by atoms with Crippen LogP contribution in [0.4, 0.5) is 4.39 Å². The van der Waals surface area contributed by atoms with E-state index < -0.39 is 0 Å². The molecule has 0 spiro atoms.